The summed E-state index contributed by atoms with van der Waals surface area (Å²) in [4.78, 5) is 46.5. The molecule has 0 spiro atoms. The van der Waals surface area contributed by atoms with Crippen LogP contribution in [0.4, 0.5) is 4.79 Å². The Morgan fingerprint density at radius 2 is 1.52 bits per heavy atom. The van der Waals surface area contributed by atoms with Gasteiger partial charge in [-0.2, -0.15) is 0 Å². The Hall–Kier alpha value is -2.61. The lowest BCUT2D eigenvalue weighted by atomic mass is 9.95. The molecule has 8 nitrogen and oxygen atoms in total. The molecular formula is C23H36N4O4. The number of rotatable bonds is 8. The van der Waals surface area contributed by atoms with Gasteiger partial charge in [0.05, 0.1) is 12.6 Å². The summed E-state index contributed by atoms with van der Waals surface area (Å²) in [6, 6.07) is -1.05. The van der Waals surface area contributed by atoms with Crippen molar-refractivity contribution in [2.75, 3.05) is 48.5 Å². The van der Waals surface area contributed by atoms with E-state index in [0.717, 1.165) is 30.4 Å². The maximum atomic E-state index is 13.6. The van der Waals surface area contributed by atoms with Crippen LogP contribution in [0, 0.1) is 0 Å². The molecule has 0 radical (unpaired) electrons. The molecule has 172 valence electrons. The van der Waals surface area contributed by atoms with Crippen molar-refractivity contribution < 1.29 is 19.1 Å². The number of carbonyl (C=O) groups excluding carboxylic acids is 3. The molecule has 1 aliphatic heterocycles. The second kappa shape index (κ2) is 10.6. The molecule has 0 aromatic heterocycles. The number of ether oxygens (including phenoxy) is 1. The number of amides is 4. The van der Waals surface area contributed by atoms with Gasteiger partial charge in [0, 0.05) is 59.8 Å². The fourth-order valence-corrected chi connectivity index (χ4v) is 4.01. The predicted molar refractivity (Wildman–Crippen MR) is 120 cm³/mol. The Kier molecular flexibility index (Phi) is 8.44. The fourth-order valence-electron chi connectivity index (χ4n) is 4.01. The third-order valence-corrected chi connectivity index (χ3v) is 5.30. The molecule has 0 aromatic carbocycles. The number of barbiturate groups is 1. The largest absolute Gasteiger partial charge is 0.383 e. The number of unbranched alkanes of at least 4 members (excludes halogenated alkanes) is 1. The van der Waals surface area contributed by atoms with E-state index in [1.165, 1.54) is 16.9 Å². The van der Waals surface area contributed by atoms with Crippen LogP contribution in [0.25, 0.3) is 0 Å². The van der Waals surface area contributed by atoms with Crippen molar-refractivity contribution in [2.45, 2.75) is 45.6 Å². The first kappa shape index (κ1) is 24.7. The third kappa shape index (κ3) is 5.36. The highest BCUT2D eigenvalue weighted by molar-refractivity contribution is 6.30. The van der Waals surface area contributed by atoms with Crippen LogP contribution in [0.1, 0.15) is 39.5 Å². The minimum atomic E-state index is -0.563. The molecule has 1 aliphatic carbocycles. The highest BCUT2D eigenvalue weighted by Gasteiger charge is 2.46. The predicted octanol–water partition coefficient (Wildman–Crippen LogP) is 2.59. The Bertz CT molecular complexity index is 782. The lowest BCUT2D eigenvalue weighted by molar-refractivity contribution is -0.137. The molecule has 2 fully saturated rings. The highest BCUT2D eigenvalue weighted by Crippen LogP contribution is 2.40. The molecule has 4 amide bonds. The normalized spacial score (nSPS) is 21.1. The molecule has 1 unspecified atom stereocenters. The van der Waals surface area contributed by atoms with Gasteiger partial charge in [0.2, 0.25) is 0 Å². The van der Waals surface area contributed by atoms with Crippen molar-refractivity contribution in [2.24, 2.45) is 0 Å². The SMILES string of the molecule is CCCCN1C(=O)C(=C2/C(=C/N(C)C)CC/C2=C\N(C)C)C(=O)N(C(C)COC)C1=O. The zero-order chi connectivity index (χ0) is 23.3. The van der Waals surface area contributed by atoms with Crippen LogP contribution in [0.5, 0.6) is 0 Å². The summed E-state index contributed by atoms with van der Waals surface area (Å²) in [5.41, 5.74) is 2.59. The lowest BCUT2D eigenvalue weighted by Gasteiger charge is -2.37. The molecule has 1 saturated heterocycles. The van der Waals surface area contributed by atoms with Crippen LogP contribution in [0.3, 0.4) is 0 Å². The number of hydrogen-bond donors (Lipinski definition) is 0. The minimum Gasteiger partial charge on any atom is -0.383 e. The van der Waals surface area contributed by atoms with Gasteiger partial charge in [-0.1, -0.05) is 13.3 Å². The number of allylic oxidation sites excluding steroid dienone is 3. The summed E-state index contributed by atoms with van der Waals surface area (Å²) in [7, 11) is 9.19. The van der Waals surface area contributed by atoms with E-state index in [0.29, 0.717) is 12.0 Å². The van der Waals surface area contributed by atoms with E-state index in [4.69, 9.17) is 4.74 Å². The Balaban J connectivity index is 2.74. The summed E-state index contributed by atoms with van der Waals surface area (Å²) < 4.78 is 5.20. The van der Waals surface area contributed by atoms with Crippen LogP contribution >= 0.6 is 0 Å². The summed E-state index contributed by atoms with van der Waals surface area (Å²) in [5.74, 6) is -1.05. The highest BCUT2D eigenvalue weighted by atomic mass is 16.5. The Morgan fingerprint density at radius 1 is 0.968 bits per heavy atom. The van der Waals surface area contributed by atoms with Gasteiger partial charge in [0.25, 0.3) is 11.8 Å². The Labute approximate surface area is 185 Å². The van der Waals surface area contributed by atoms with E-state index in [1.54, 1.807) is 6.92 Å². The monoisotopic (exact) mass is 432 g/mol. The number of carbonyl (C=O) groups is 3. The van der Waals surface area contributed by atoms with Gasteiger partial charge in [-0.15, -0.1) is 0 Å². The van der Waals surface area contributed by atoms with Gasteiger partial charge in [0.15, 0.2) is 0 Å². The van der Waals surface area contributed by atoms with Crippen LogP contribution in [-0.2, 0) is 14.3 Å². The van der Waals surface area contributed by atoms with E-state index in [-0.39, 0.29) is 18.7 Å². The molecule has 0 N–H and O–H groups in total. The summed E-state index contributed by atoms with van der Waals surface area (Å²) in [5, 5.41) is 0. The zero-order valence-electron chi connectivity index (χ0n) is 19.9. The first-order valence-corrected chi connectivity index (χ1v) is 10.8. The minimum absolute atomic E-state index is 0.0809. The number of hydrogen-bond acceptors (Lipinski definition) is 6. The van der Waals surface area contributed by atoms with Crippen molar-refractivity contribution >= 4 is 17.8 Å². The van der Waals surface area contributed by atoms with Gasteiger partial charge in [-0.3, -0.25) is 19.4 Å². The number of urea groups is 1. The van der Waals surface area contributed by atoms with Crippen LogP contribution < -0.4 is 0 Å². The molecule has 1 heterocycles. The first-order chi connectivity index (χ1) is 14.6. The summed E-state index contributed by atoms with van der Waals surface area (Å²) in [6.45, 7) is 4.25. The molecular weight excluding hydrogens is 396 g/mol. The quantitative estimate of drug-likeness (QED) is 0.434. The average Bonchev–Trinajstić information content (AvgIpc) is 3.02. The van der Waals surface area contributed by atoms with Crippen molar-refractivity contribution in [3.05, 3.63) is 34.7 Å². The second-order valence-corrected chi connectivity index (χ2v) is 8.56. The topological polar surface area (TPSA) is 73.4 Å². The third-order valence-electron chi connectivity index (χ3n) is 5.30. The molecule has 2 aliphatic rings. The maximum absolute atomic E-state index is 13.6. The lowest BCUT2D eigenvalue weighted by Crippen LogP contribution is -2.60. The van der Waals surface area contributed by atoms with Gasteiger partial charge in [-0.25, -0.2) is 4.79 Å². The standard InChI is InChI=1S/C23H36N4O4/c1-8-9-12-26-21(28)20(22(29)27(23(26)30)16(2)15-31-7)19-17(13-24(3)4)10-11-18(19)14-25(5)6/h13-14,16H,8-12,15H2,1-7H3/b17-13+,18-14+. The molecule has 0 bridgehead atoms. The molecule has 31 heavy (non-hydrogen) atoms. The van der Waals surface area contributed by atoms with Crippen molar-refractivity contribution in [3.63, 3.8) is 0 Å². The molecule has 1 atom stereocenters. The average molecular weight is 433 g/mol. The zero-order valence-corrected chi connectivity index (χ0v) is 19.9. The summed E-state index contributed by atoms with van der Waals surface area (Å²) in [6.07, 6.45) is 6.88. The van der Waals surface area contributed by atoms with E-state index in [2.05, 4.69) is 0 Å². The van der Waals surface area contributed by atoms with Gasteiger partial charge >= 0.3 is 6.03 Å². The van der Waals surface area contributed by atoms with E-state index >= 15 is 0 Å². The van der Waals surface area contributed by atoms with Crippen LogP contribution in [0.2, 0.25) is 0 Å². The second-order valence-electron chi connectivity index (χ2n) is 8.56. The number of methoxy groups -OCH3 is 1. The van der Waals surface area contributed by atoms with Crippen LogP contribution in [0.15, 0.2) is 34.7 Å². The molecule has 0 aromatic rings. The first-order valence-electron chi connectivity index (χ1n) is 10.8. The van der Waals surface area contributed by atoms with Crippen molar-refractivity contribution in [1.82, 2.24) is 19.6 Å². The van der Waals surface area contributed by atoms with E-state index < -0.39 is 23.9 Å². The van der Waals surface area contributed by atoms with E-state index in [1.807, 2.05) is 57.3 Å². The van der Waals surface area contributed by atoms with E-state index in [9.17, 15) is 14.4 Å². The molecule has 2 rings (SSSR count). The fraction of sp³-hybridized carbons (Fsp3) is 0.609. The Morgan fingerprint density at radius 3 is 1.97 bits per heavy atom. The smallest absolute Gasteiger partial charge is 0.334 e. The van der Waals surface area contributed by atoms with Gasteiger partial charge < -0.3 is 14.5 Å². The number of imide groups is 2. The number of nitrogens with zero attached hydrogens (tertiary/aromatic N) is 4. The van der Waals surface area contributed by atoms with Gasteiger partial charge in [-0.05, 0) is 37.3 Å². The molecule has 8 heteroatoms. The van der Waals surface area contributed by atoms with Crippen molar-refractivity contribution in [1.29, 1.82) is 0 Å². The maximum Gasteiger partial charge on any atom is 0.334 e. The molecule has 1 saturated carbocycles. The van der Waals surface area contributed by atoms with Crippen molar-refractivity contribution in [3.8, 4) is 0 Å². The summed E-state index contributed by atoms with van der Waals surface area (Å²) >= 11 is 0. The van der Waals surface area contributed by atoms with Gasteiger partial charge in [0.1, 0.15) is 5.57 Å². The van der Waals surface area contributed by atoms with Crippen LogP contribution in [-0.4, -0.2) is 91.9 Å².